The molecule has 4 rings (SSSR count). The van der Waals surface area contributed by atoms with Crippen molar-refractivity contribution in [3.63, 3.8) is 0 Å². The first-order chi connectivity index (χ1) is 14.3. The number of H-pyrrole nitrogens is 1. The van der Waals surface area contributed by atoms with Gasteiger partial charge in [0.15, 0.2) is 0 Å². The number of halogens is 2. The van der Waals surface area contributed by atoms with E-state index in [1.165, 1.54) is 11.3 Å². The Morgan fingerprint density at radius 2 is 1.97 bits per heavy atom. The molecule has 4 nitrogen and oxygen atoms in total. The lowest BCUT2D eigenvalue weighted by Crippen LogP contribution is -2.19. The van der Waals surface area contributed by atoms with Crippen molar-refractivity contribution in [2.24, 2.45) is 0 Å². The minimum absolute atomic E-state index is 0. The maximum absolute atomic E-state index is 15.1. The number of hydrogen-bond donors (Lipinski definition) is 2. The van der Waals surface area contributed by atoms with E-state index < -0.39 is 0 Å². The fourth-order valence-corrected chi connectivity index (χ4v) is 5.15. The van der Waals surface area contributed by atoms with Crippen molar-refractivity contribution < 1.29 is 9.50 Å². The van der Waals surface area contributed by atoms with Crippen LogP contribution >= 0.6 is 23.7 Å². The molecule has 0 saturated heterocycles. The molecule has 2 heterocycles. The standard InChI is InChI=1S/C24H25FN2O2S.ClH/c1-13-9-16(12-28)20(21-18-7-8-30-23(18)24(29)26-22(13)21)15-5-6-17(19(25)10-15)14(2)11-27(3)4;/h5-10,14,28H,11-12H2,1-4H3,(H,26,29);1H/t14-;/m1./s1. The Bertz CT molecular complexity index is 1310. The first-order valence-corrected chi connectivity index (χ1v) is 10.8. The number of aromatic amines is 1. The summed E-state index contributed by atoms with van der Waals surface area (Å²) >= 11 is 1.38. The van der Waals surface area contributed by atoms with Gasteiger partial charge in [-0.2, -0.15) is 0 Å². The summed E-state index contributed by atoms with van der Waals surface area (Å²) in [4.78, 5) is 17.5. The number of nitrogens with zero attached hydrogens (tertiary/aromatic N) is 1. The summed E-state index contributed by atoms with van der Waals surface area (Å²) in [6.45, 7) is 4.50. The van der Waals surface area contributed by atoms with Crippen molar-refractivity contribution in [1.82, 2.24) is 9.88 Å². The number of hydrogen-bond acceptors (Lipinski definition) is 4. The van der Waals surface area contributed by atoms with E-state index in [4.69, 9.17) is 0 Å². The van der Waals surface area contributed by atoms with Gasteiger partial charge in [0, 0.05) is 17.3 Å². The van der Waals surface area contributed by atoms with Crippen molar-refractivity contribution in [1.29, 1.82) is 0 Å². The van der Waals surface area contributed by atoms with Gasteiger partial charge in [-0.25, -0.2) is 4.39 Å². The molecule has 0 aliphatic carbocycles. The number of aliphatic hydroxyl groups is 1. The summed E-state index contributed by atoms with van der Waals surface area (Å²) in [6, 6.07) is 9.09. The smallest absolute Gasteiger partial charge is 0.266 e. The third kappa shape index (κ3) is 4.13. The van der Waals surface area contributed by atoms with Crippen molar-refractivity contribution in [3.05, 3.63) is 68.6 Å². The Balaban J connectivity index is 0.00000272. The van der Waals surface area contributed by atoms with Crippen LogP contribution in [-0.4, -0.2) is 35.6 Å². The lowest BCUT2D eigenvalue weighted by atomic mass is 9.90. The molecule has 2 N–H and O–H groups in total. The minimum Gasteiger partial charge on any atom is -0.392 e. The monoisotopic (exact) mass is 460 g/mol. The molecule has 31 heavy (non-hydrogen) atoms. The van der Waals surface area contributed by atoms with Crippen molar-refractivity contribution in [2.45, 2.75) is 26.4 Å². The number of fused-ring (bicyclic) bond motifs is 3. The van der Waals surface area contributed by atoms with Gasteiger partial charge < -0.3 is 15.0 Å². The molecule has 2 aromatic heterocycles. The first kappa shape index (κ1) is 23.4. The molecule has 0 saturated carbocycles. The first-order valence-electron chi connectivity index (χ1n) is 9.93. The molecule has 0 radical (unpaired) electrons. The molecule has 7 heteroatoms. The lowest BCUT2D eigenvalue weighted by molar-refractivity contribution is 0.282. The molecule has 0 aliphatic rings. The molecule has 2 aromatic carbocycles. The van der Waals surface area contributed by atoms with Crippen molar-refractivity contribution in [2.75, 3.05) is 20.6 Å². The molecule has 0 bridgehead atoms. The number of aryl methyl sites for hydroxylation is 1. The molecular formula is C24H26ClFN2O2S. The van der Waals surface area contributed by atoms with Crippen LogP contribution in [0.3, 0.4) is 0 Å². The number of aliphatic hydroxyl groups excluding tert-OH is 1. The fraction of sp³-hybridized carbons (Fsp3) is 0.292. The third-order valence-corrected chi connectivity index (χ3v) is 6.53. The van der Waals surface area contributed by atoms with Crippen LogP contribution in [0, 0.1) is 12.7 Å². The van der Waals surface area contributed by atoms with Crippen molar-refractivity contribution >= 4 is 44.7 Å². The van der Waals surface area contributed by atoms with Crippen LogP contribution < -0.4 is 5.56 Å². The lowest BCUT2D eigenvalue weighted by Gasteiger charge is -2.19. The van der Waals surface area contributed by atoms with Gasteiger partial charge in [0.05, 0.1) is 12.1 Å². The molecule has 164 valence electrons. The predicted molar refractivity (Wildman–Crippen MR) is 130 cm³/mol. The highest BCUT2D eigenvalue weighted by Crippen LogP contribution is 2.39. The van der Waals surface area contributed by atoms with Crippen LogP contribution in [0.2, 0.25) is 0 Å². The zero-order chi connectivity index (χ0) is 21.6. The van der Waals surface area contributed by atoms with E-state index in [1.54, 1.807) is 6.07 Å². The van der Waals surface area contributed by atoms with E-state index in [-0.39, 0.29) is 36.3 Å². The van der Waals surface area contributed by atoms with E-state index in [9.17, 15) is 9.90 Å². The largest absolute Gasteiger partial charge is 0.392 e. The molecule has 0 amide bonds. The maximum Gasteiger partial charge on any atom is 0.266 e. The highest BCUT2D eigenvalue weighted by molar-refractivity contribution is 7.17. The second-order valence-corrected chi connectivity index (χ2v) is 9.07. The summed E-state index contributed by atoms with van der Waals surface area (Å²) in [5, 5.41) is 13.7. The number of benzene rings is 2. The maximum atomic E-state index is 15.1. The Labute approximate surface area is 190 Å². The normalized spacial score (nSPS) is 12.5. The summed E-state index contributed by atoms with van der Waals surface area (Å²) in [6.07, 6.45) is 0. The molecule has 0 fully saturated rings. The van der Waals surface area contributed by atoms with Gasteiger partial charge in [-0.05, 0) is 72.3 Å². The topological polar surface area (TPSA) is 56.3 Å². The van der Waals surface area contributed by atoms with Gasteiger partial charge in [0.1, 0.15) is 10.5 Å². The molecular weight excluding hydrogens is 435 g/mol. The number of aromatic nitrogens is 1. The summed E-state index contributed by atoms with van der Waals surface area (Å²) in [5.74, 6) is -0.202. The van der Waals surface area contributed by atoms with Crippen LogP contribution in [0.25, 0.3) is 32.1 Å². The average Bonchev–Trinajstić information content (AvgIpc) is 3.18. The number of pyridine rings is 1. The van der Waals surface area contributed by atoms with Gasteiger partial charge in [-0.3, -0.25) is 4.79 Å². The number of rotatable bonds is 5. The van der Waals surface area contributed by atoms with E-state index in [0.29, 0.717) is 21.4 Å². The second-order valence-electron chi connectivity index (χ2n) is 8.15. The zero-order valence-corrected chi connectivity index (χ0v) is 19.6. The summed E-state index contributed by atoms with van der Waals surface area (Å²) in [7, 11) is 3.95. The molecule has 0 spiro atoms. The van der Waals surface area contributed by atoms with E-state index >= 15 is 4.39 Å². The van der Waals surface area contributed by atoms with Crippen LogP contribution in [-0.2, 0) is 6.61 Å². The van der Waals surface area contributed by atoms with Crippen LogP contribution in [0.4, 0.5) is 4.39 Å². The van der Waals surface area contributed by atoms with Gasteiger partial charge in [-0.1, -0.05) is 25.1 Å². The van der Waals surface area contributed by atoms with Crippen LogP contribution in [0.1, 0.15) is 29.5 Å². The Morgan fingerprint density at radius 3 is 2.61 bits per heavy atom. The summed E-state index contributed by atoms with van der Waals surface area (Å²) < 4.78 is 15.8. The minimum atomic E-state index is -0.259. The van der Waals surface area contributed by atoms with Gasteiger partial charge in [0.2, 0.25) is 0 Å². The Hall–Kier alpha value is -2.25. The van der Waals surface area contributed by atoms with E-state index in [0.717, 1.165) is 34.0 Å². The highest BCUT2D eigenvalue weighted by atomic mass is 35.5. The van der Waals surface area contributed by atoms with Crippen LogP contribution in [0.5, 0.6) is 0 Å². The summed E-state index contributed by atoms with van der Waals surface area (Å²) in [5.41, 5.74) is 4.32. The SMILES string of the molecule is Cc1cc(CO)c(-c2ccc([C@H](C)CN(C)C)c(F)c2)c2c1[nH]c(=O)c1sccc12.Cl. The van der Waals surface area contributed by atoms with E-state index in [1.807, 2.05) is 62.5 Å². The second kappa shape index (κ2) is 9.09. The number of thiophene rings is 1. The highest BCUT2D eigenvalue weighted by Gasteiger charge is 2.19. The molecule has 1 atom stereocenters. The van der Waals surface area contributed by atoms with Crippen molar-refractivity contribution in [3.8, 4) is 11.1 Å². The third-order valence-electron chi connectivity index (χ3n) is 5.61. The fourth-order valence-electron chi connectivity index (χ4n) is 4.35. The number of likely N-dealkylation sites (N-methyl/N-ethyl adjacent to an activating group) is 1. The number of nitrogens with one attached hydrogen (secondary N) is 1. The van der Waals surface area contributed by atoms with Gasteiger partial charge in [0.25, 0.3) is 5.56 Å². The van der Waals surface area contributed by atoms with Gasteiger partial charge >= 0.3 is 0 Å². The molecule has 0 unspecified atom stereocenters. The Morgan fingerprint density at radius 1 is 1.23 bits per heavy atom. The van der Waals surface area contributed by atoms with Crippen LogP contribution in [0.15, 0.2) is 40.5 Å². The van der Waals surface area contributed by atoms with Gasteiger partial charge in [-0.15, -0.1) is 23.7 Å². The zero-order valence-electron chi connectivity index (χ0n) is 18.0. The average molecular weight is 461 g/mol. The molecule has 4 aromatic rings. The quantitative estimate of drug-likeness (QED) is 0.417. The van der Waals surface area contributed by atoms with E-state index in [2.05, 4.69) is 4.98 Å². The molecule has 0 aliphatic heterocycles. The Kier molecular flexibility index (Phi) is 6.86. The predicted octanol–water partition coefficient (Wildman–Crippen LogP) is 5.44.